The maximum absolute atomic E-state index is 5.71. The normalized spacial score (nSPS) is 13.6. The van der Waals surface area contributed by atoms with Gasteiger partial charge in [-0.15, -0.1) is 0 Å². The third kappa shape index (κ3) is 3.48. The molecule has 2 aromatic carbocycles. The van der Waals surface area contributed by atoms with E-state index >= 15 is 0 Å². The van der Waals surface area contributed by atoms with Crippen LogP contribution in [0.2, 0.25) is 0 Å². The van der Waals surface area contributed by atoms with Gasteiger partial charge in [0, 0.05) is 24.7 Å². The first-order chi connectivity index (χ1) is 10.2. The van der Waals surface area contributed by atoms with E-state index < -0.39 is 0 Å². The Labute approximate surface area is 125 Å². The largest absolute Gasteiger partial charge is 0.490 e. The lowest BCUT2D eigenvalue weighted by Crippen LogP contribution is -2.01. The van der Waals surface area contributed by atoms with E-state index in [4.69, 9.17) is 9.47 Å². The lowest BCUT2D eigenvalue weighted by molar-refractivity contribution is 0.297. The highest BCUT2D eigenvalue weighted by Crippen LogP contribution is 2.32. The zero-order valence-corrected chi connectivity index (χ0v) is 12.6. The van der Waals surface area contributed by atoms with E-state index in [-0.39, 0.29) is 0 Å². The predicted octanol–water partition coefficient (Wildman–Crippen LogP) is 4.08. The van der Waals surface area contributed by atoms with Crippen molar-refractivity contribution in [2.75, 3.05) is 18.5 Å². The van der Waals surface area contributed by atoms with Gasteiger partial charge in [-0.1, -0.05) is 29.3 Å². The lowest BCUT2D eigenvalue weighted by Gasteiger charge is -2.12. The monoisotopic (exact) mass is 283 g/mol. The summed E-state index contributed by atoms with van der Waals surface area (Å²) in [5.41, 5.74) is 4.94. The van der Waals surface area contributed by atoms with Crippen LogP contribution in [0.5, 0.6) is 11.5 Å². The predicted molar refractivity (Wildman–Crippen MR) is 85.3 cm³/mol. The smallest absolute Gasteiger partial charge is 0.163 e. The van der Waals surface area contributed by atoms with Crippen LogP contribution >= 0.6 is 0 Å². The Morgan fingerprint density at radius 3 is 2.38 bits per heavy atom. The van der Waals surface area contributed by atoms with E-state index in [1.807, 2.05) is 18.2 Å². The molecule has 110 valence electrons. The van der Waals surface area contributed by atoms with Gasteiger partial charge in [-0.3, -0.25) is 0 Å². The van der Waals surface area contributed by atoms with E-state index in [9.17, 15) is 0 Å². The van der Waals surface area contributed by atoms with Crippen LogP contribution in [0.1, 0.15) is 23.1 Å². The van der Waals surface area contributed by atoms with Crippen LogP contribution in [0, 0.1) is 13.8 Å². The molecule has 0 radical (unpaired) electrons. The fraction of sp³-hybridized carbons (Fsp3) is 0.333. The molecule has 0 spiro atoms. The number of ether oxygens (including phenoxy) is 2. The highest BCUT2D eigenvalue weighted by Gasteiger charge is 2.10. The van der Waals surface area contributed by atoms with Crippen molar-refractivity contribution in [1.29, 1.82) is 0 Å². The van der Waals surface area contributed by atoms with E-state index in [1.54, 1.807) is 0 Å². The van der Waals surface area contributed by atoms with Gasteiger partial charge in [0.2, 0.25) is 0 Å². The van der Waals surface area contributed by atoms with Crippen LogP contribution in [0.15, 0.2) is 36.4 Å². The Morgan fingerprint density at radius 1 is 0.905 bits per heavy atom. The van der Waals surface area contributed by atoms with Crippen LogP contribution in [0.3, 0.4) is 0 Å². The molecule has 1 heterocycles. The van der Waals surface area contributed by atoms with Crippen LogP contribution < -0.4 is 14.8 Å². The van der Waals surface area contributed by atoms with E-state index in [2.05, 4.69) is 37.4 Å². The molecule has 0 aliphatic carbocycles. The number of rotatable bonds is 3. The number of benzene rings is 2. The minimum Gasteiger partial charge on any atom is -0.490 e. The topological polar surface area (TPSA) is 30.5 Å². The average Bonchev–Trinajstić information content (AvgIpc) is 2.68. The molecule has 0 unspecified atom stereocenters. The van der Waals surface area contributed by atoms with Gasteiger partial charge in [0.1, 0.15) is 0 Å². The molecule has 0 bridgehead atoms. The SMILES string of the molecule is Cc1cc(C)cc(CNc2ccc3c(c2)OCCCO3)c1. The Balaban J connectivity index is 1.71. The van der Waals surface area contributed by atoms with Gasteiger partial charge in [-0.2, -0.15) is 0 Å². The molecule has 1 N–H and O–H groups in total. The Kier molecular flexibility index (Phi) is 4.00. The fourth-order valence-corrected chi connectivity index (χ4v) is 2.65. The molecule has 0 aromatic heterocycles. The maximum Gasteiger partial charge on any atom is 0.163 e. The zero-order valence-electron chi connectivity index (χ0n) is 12.6. The minimum absolute atomic E-state index is 0.716. The van der Waals surface area contributed by atoms with Crippen molar-refractivity contribution in [3.8, 4) is 11.5 Å². The van der Waals surface area contributed by atoms with Gasteiger partial charge < -0.3 is 14.8 Å². The first-order valence-corrected chi connectivity index (χ1v) is 7.41. The third-order valence-corrected chi connectivity index (χ3v) is 3.53. The summed E-state index contributed by atoms with van der Waals surface area (Å²) in [4.78, 5) is 0. The van der Waals surface area contributed by atoms with Crippen molar-refractivity contribution in [1.82, 2.24) is 0 Å². The van der Waals surface area contributed by atoms with Gasteiger partial charge in [0.15, 0.2) is 11.5 Å². The van der Waals surface area contributed by atoms with Crippen molar-refractivity contribution < 1.29 is 9.47 Å². The molecule has 2 aromatic rings. The summed E-state index contributed by atoms with van der Waals surface area (Å²) in [7, 11) is 0. The van der Waals surface area contributed by atoms with Gasteiger partial charge >= 0.3 is 0 Å². The molecule has 3 rings (SSSR count). The standard InChI is InChI=1S/C18H21NO2/c1-13-8-14(2)10-15(9-13)12-19-16-4-5-17-18(11-16)21-7-3-6-20-17/h4-5,8-11,19H,3,6-7,12H2,1-2H3. The molecule has 1 aliphatic rings. The summed E-state index contributed by atoms with van der Waals surface area (Å²) in [6, 6.07) is 12.6. The molecular weight excluding hydrogens is 262 g/mol. The Hall–Kier alpha value is -2.16. The van der Waals surface area contributed by atoms with Gasteiger partial charge in [-0.25, -0.2) is 0 Å². The molecule has 3 heteroatoms. The van der Waals surface area contributed by atoms with E-state index in [1.165, 1.54) is 16.7 Å². The highest BCUT2D eigenvalue weighted by molar-refractivity contribution is 5.55. The molecule has 0 atom stereocenters. The molecular formula is C18H21NO2. The highest BCUT2D eigenvalue weighted by atomic mass is 16.5. The number of fused-ring (bicyclic) bond motifs is 1. The maximum atomic E-state index is 5.71. The minimum atomic E-state index is 0.716. The quantitative estimate of drug-likeness (QED) is 0.920. The average molecular weight is 283 g/mol. The summed E-state index contributed by atoms with van der Waals surface area (Å²) in [5, 5.41) is 3.45. The van der Waals surface area contributed by atoms with Gasteiger partial charge in [0.25, 0.3) is 0 Å². The van der Waals surface area contributed by atoms with Crippen molar-refractivity contribution in [2.24, 2.45) is 0 Å². The number of aryl methyl sites for hydroxylation is 2. The molecule has 0 saturated heterocycles. The second-order valence-electron chi connectivity index (χ2n) is 5.56. The number of hydrogen-bond acceptors (Lipinski definition) is 3. The molecule has 0 fully saturated rings. The first kappa shape index (κ1) is 13.8. The lowest BCUT2D eigenvalue weighted by atomic mass is 10.1. The second-order valence-corrected chi connectivity index (χ2v) is 5.56. The third-order valence-electron chi connectivity index (χ3n) is 3.53. The van der Waals surface area contributed by atoms with Gasteiger partial charge in [0.05, 0.1) is 13.2 Å². The molecule has 0 saturated carbocycles. The molecule has 21 heavy (non-hydrogen) atoms. The fourth-order valence-electron chi connectivity index (χ4n) is 2.65. The summed E-state index contributed by atoms with van der Waals surface area (Å²) in [6.45, 7) is 6.51. The van der Waals surface area contributed by atoms with Crippen LogP contribution in [0.4, 0.5) is 5.69 Å². The molecule has 3 nitrogen and oxygen atoms in total. The zero-order chi connectivity index (χ0) is 14.7. The summed E-state index contributed by atoms with van der Waals surface area (Å²) >= 11 is 0. The molecule has 1 aliphatic heterocycles. The number of hydrogen-bond donors (Lipinski definition) is 1. The van der Waals surface area contributed by atoms with Crippen LogP contribution in [-0.4, -0.2) is 13.2 Å². The Bertz CT molecular complexity index is 617. The van der Waals surface area contributed by atoms with Gasteiger partial charge in [-0.05, 0) is 31.5 Å². The second kappa shape index (κ2) is 6.08. The molecule has 0 amide bonds. The van der Waals surface area contributed by atoms with E-state index in [0.717, 1.165) is 36.8 Å². The number of anilines is 1. The Morgan fingerprint density at radius 2 is 1.62 bits per heavy atom. The van der Waals surface area contributed by atoms with E-state index in [0.29, 0.717) is 6.61 Å². The van der Waals surface area contributed by atoms with Crippen molar-refractivity contribution in [3.05, 3.63) is 53.1 Å². The van der Waals surface area contributed by atoms with Crippen LogP contribution in [-0.2, 0) is 6.54 Å². The first-order valence-electron chi connectivity index (χ1n) is 7.41. The summed E-state index contributed by atoms with van der Waals surface area (Å²) in [6.07, 6.45) is 0.931. The van der Waals surface area contributed by atoms with Crippen LogP contribution in [0.25, 0.3) is 0 Å². The summed E-state index contributed by atoms with van der Waals surface area (Å²) in [5.74, 6) is 1.67. The van der Waals surface area contributed by atoms with Crippen molar-refractivity contribution in [3.63, 3.8) is 0 Å². The number of nitrogens with one attached hydrogen (secondary N) is 1. The van der Waals surface area contributed by atoms with Crippen molar-refractivity contribution in [2.45, 2.75) is 26.8 Å². The van der Waals surface area contributed by atoms with Crippen molar-refractivity contribution >= 4 is 5.69 Å². The summed E-state index contributed by atoms with van der Waals surface area (Å²) < 4.78 is 11.4.